The molecular formula is C8H6N4O2S2. The van der Waals surface area contributed by atoms with Gasteiger partial charge in [-0.15, -0.1) is 0 Å². The van der Waals surface area contributed by atoms with E-state index in [0.717, 1.165) is 0 Å². The zero-order chi connectivity index (χ0) is 11.4. The Morgan fingerprint density at radius 1 is 0.875 bits per heavy atom. The quantitative estimate of drug-likeness (QED) is 0.344. The van der Waals surface area contributed by atoms with Crippen LogP contribution in [0.25, 0.3) is 0 Å². The monoisotopic (exact) mass is 254 g/mol. The first-order valence-corrected chi connectivity index (χ1v) is 6.33. The minimum atomic E-state index is 0.621. The molecule has 0 N–H and O–H groups in total. The summed E-state index contributed by atoms with van der Waals surface area (Å²) in [7, 11) is 2.74. The highest BCUT2D eigenvalue weighted by molar-refractivity contribution is 8.76. The van der Waals surface area contributed by atoms with Crippen LogP contribution in [0.1, 0.15) is 0 Å². The summed E-state index contributed by atoms with van der Waals surface area (Å²) in [6.07, 6.45) is 5.12. The van der Waals surface area contributed by atoms with Crippen LogP contribution in [0.5, 0.6) is 0 Å². The van der Waals surface area contributed by atoms with Gasteiger partial charge in [0.25, 0.3) is 12.7 Å². The molecule has 2 aromatic rings. The molecular weight excluding hydrogens is 248 g/mol. The first kappa shape index (κ1) is 11.0. The van der Waals surface area contributed by atoms with E-state index in [2.05, 4.69) is 9.97 Å². The van der Waals surface area contributed by atoms with Crippen molar-refractivity contribution in [2.45, 2.75) is 10.1 Å². The predicted octanol–water partition coefficient (Wildman–Crippen LogP) is 0.543. The minimum Gasteiger partial charge on any atom is -0.711 e. The summed E-state index contributed by atoms with van der Waals surface area (Å²) in [6, 6.07) is 3.22. The predicted molar refractivity (Wildman–Crippen MR) is 58.1 cm³/mol. The zero-order valence-electron chi connectivity index (χ0n) is 7.89. The highest BCUT2D eigenvalue weighted by Crippen LogP contribution is 2.33. The molecule has 0 saturated heterocycles. The Morgan fingerprint density at radius 3 is 1.62 bits per heavy atom. The Bertz CT molecular complexity index is 417. The summed E-state index contributed by atoms with van der Waals surface area (Å²) >= 11 is 0. The number of hydrogen-bond acceptors (Lipinski definition) is 6. The summed E-state index contributed by atoms with van der Waals surface area (Å²) in [5.74, 6) is 0. The Morgan fingerprint density at radius 2 is 1.31 bits per heavy atom. The van der Waals surface area contributed by atoms with Crippen LogP contribution < -0.4 is 9.46 Å². The van der Waals surface area contributed by atoms with Gasteiger partial charge in [0.2, 0.25) is 10.1 Å². The smallest absolute Gasteiger partial charge is 0.290 e. The number of nitrogens with zero attached hydrogens (tertiary/aromatic N) is 4. The van der Waals surface area contributed by atoms with Gasteiger partial charge in [0.15, 0.2) is 0 Å². The molecule has 0 aliphatic heterocycles. The van der Waals surface area contributed by atoms with Crippen LogP contribution >= 0.6 is 21.6 Å². The molecule has 0 atom stereocenters. The third-order valence-electron chi connectivity index (χ3n) is 1.54. The van der Waals surface area contributed by atoms with Crippen molar-refractivity contribution in [3.63, 3.8) is 0 Å². The molecule has 8 heteroatoms. The molecule has 2 rings (SSSR count). The standard InChI is InChI=1S/C8H6N4O2S2/c13-11-3-1-7(9-5-11)15-16-8-2-4-12(14)6-10-8/h1-6H. The Balaban J connectivity index is 1.97. The molecule has 0 saturated carbocycles. The molecule has 0 radical (unpaired) electrons. The van der Waals surface area contributed by atoms with E-state index in [-0.39, 0.29) is 0 Å². The van der Waals surface area contributed by atoms with Gasteiger partial charge in [0, 0.05) is 12.1 Å². The Kier molecular flexibility index (Phi) is 3.42. The van der Waals surface area contributed by atoms with Gasteiger partial charge in [-0.25, -0.2) is 9.46 Å². The molecule has 16 heavy (non-hydrogen) atoms. The molecule has 0 aliphatic rings. The molecule has 0 fully saturated rings. The van der Waals surface area contributed by atoms with Gasteiger partial charge >= 0.3 is 0 Å². The SMILES string of the molecule is [O-][n+]1ccc(SSc2cc[n+]([O-])cn2)nc1. The highest BCUT2D eigenvalue weighted by Gasteiger charge is 2.07. The molecule has 0 aliphatic carbocycles. The van der Waals surface area contributed by atoms with Crippen molar-refractivity contribution in [2.75, 3.05) is 0 Å². The molecule has 0 aromatic carbocycles. The van der Waals surface area contributed by atoms with E-state index in [1.807, 2.05) is 0 Å². The van der Waals surface area contributed by atoms with Crippen molar-refractivity contribution in [3.05, 3.63) is 47.6 Å². The van der Waals surface area contributed by atoms with E-state index in [0.29, 0.717) is 19.5 Å². The summed E-state index contributed by atoms with van der Waals surface area (Å²) in [4.78, 5) is 7.82. The van der Waals surface area contributed by atoms with Gasteiger partial charge < -0.3 is 10.4 Å². The summed E-state index contributed by atoms with van der Waals surface area (Å²) in [5, 5.41) is 22.9. The fourth-order valence-corrected chi connectivity index (χ4v) is 2.54. The van der Waals surface area contributed by atoms with E-state index in [1.54, 1.807) is 12.1 Å². The fraction of sp³-hybridized carbons (Fsp3) is 0. The lowest BCUT2D eigenvalue weighted by Gasteiger charge is -1.98. The van der Waals surface area contributed by atoms with Gasteiger partial charge in [-0.3, -0.25) is 0 Å². The Labute approximate surface area is 98.9 Å². The Hall–Kier alpha value is -1.54. The fourth-order valence-electron chi connectivity index (χ4n) is 0.849. The van der Waals surface area contributed by atoms with Gasteiger partial charge in [-0.05, 0) is 31.6 Å². The zero-order valence-corrected chi connectivity index (χ0v) is 9.52. The van der Waals surface area contributed by atoms with Crippen molar-refractivity contribution in [2.24, 2.45) is 0 Å². The molecule has 0 bridgehead atoms. The molecule has 2 aromatic heterocycles. The first-order valence-electron chi connectivity index (χ1n) is 4.18. The first-order chi connectivity index (χ1) is 7.74. The van der Waals surface area contributed by atoms with Crippen molar-refractivity contribution in [1.29, 1.82) is 0 Å². The molecule has 0 spiro atoms. The van der Waals surface area contributed by atoms with Crippen molar-refractivity contribution >= 4 is 21.6 Å². The van der Waals surface area contributed by atoms with Crippen molar-refractivity contribution < 1.29 is 9.46 Å². The second-order valence-corrected chi connectivity index (χ2v) is 4.85. The van der Waals surface area contributed by atoms with Crippen molar-refractivity contribution in [1.82, 2.24) is 9.97 Å². The summed E-state index contributed by atoms with van der Waals surface area (Å²) in [6.45, 7) is 0. The maximum absolute atomic E-state index is 10.7. The second-order valence-electron chi connectivity index (χ2n) is 2.68. The molecule has 0 unspecified atom stereocenters. The summed E-state index contributed by atoms with van der Waals surface area (Å²) < 4.78 is 1.24. The van der Waals surface area contributed by atoms with Crippen LogP contribution in [-0.2, 0) is 0 Å². The van der Waals surface area contributed by atoms with Crippen LogP contribution in [0.4, 0.5) is 0 Å². The number of hydrogen-bond donors (Lipinski definition) is 0. The van der Waals surface area contributed by atoms with Gasteiger partial charge in [0.05, 0.1) is 12.4 Å². The second kappa shape index (κ2) is 4.99. The average Bonchev–Trinajstić information content (AvgIpc) is 2.30. The van der Waals surface area contributed by atoms with Crippen LogP contribution in [0.3, 0.4) is 0 Å². The molecule has 82 valence electrons. The maximum atomic E-state index is 10.7. The third kappa shape index (κ3) is 2.97. The van der Waals surface area contributed by atoms with E-state index in [1.165, 1.54) is 46.6 Å². The van der Waals surface area contributed by atoms with E-state index in [9.17, 15) is 10.4 Å². The van der Waals surface area contributed by atoms with E-state index < -0.39 is 0 Å². The van der Waals surface area contributed by atoms with E-state index >= 15 is 0 Å². The number of aromatic nitrogens is 4. The molecule has 0 amide bonds. The van der Waals surface area contributed by atoms with Crippen LogP contribution in [-0.4, -0.2) is 9.97 Å². The van der Waals surface area contributed by atoms with Crippen LogP contribution in [0.2, 0.25) is 0 Å². The summed E-state index contributed by atoms with van der Waals surface area (Å²) in [5.41, 5.74) is 0. The van der Waals surface area contributed by atoms with Gasteiger partial charge in [0.1, 0.15) is 0 Å². The number of rotatable bonds is 3. The lowest BCUT2D eigenvalue weighted by molar-refractivity contribution is -0.609. The third-order valence-corrected chi connectivity index (χ3v) is 3.72. The molecule has 6 nitrogen and oxygen atoms in total. The van der Waals surface area contributed by atoms with Crippen molar-refractivity contribution in [3.8, 4) is 0 Å². The van der Waals surface area contributed by atoms with Gasteiger partial charge in [-0.1, -0.05) is 0 Å². The topological polar surface area (TPSA) is 79.7 Å². The average molecular weight is 254 g/mol. The lowest BCUT2D eigenvalue weighted by Crippen LogP contribution is -2.24. The lowest BCUT2D eigenvalue weighted by atomic mass is 10.7. The normalized spacial score (nSPS) is 10.2. The van der Waals surface area contributed by atoms with Crippen LogP contribution in [0, 0.1) is 10.4 Å². The largest absolute Gasteiger partial charge is 0.711 e. The van der Waals surface area contributed by atoms with E-state index in [4.69, 9.17) is 0 Å². The maximum Gasteiger partial charge on any atom is 0.290 e. The van der Waals surface area contributed by atoms with Gasteiger partial charge in [-0.2, -0.15) is 0 Å². The van der Waals surface area contributed by atoms with Crippen LogP contribution in [0.15, 0.2) is 47.2 Å². The minimum absolute atomic E-state index is 0.621. The highest BCUT2D eigenvalue weighted by atomic mass is 33.1. The molecule has 2 heterocycles.